The number of hydrogen-bond acceptors (Lipinski definition) is 4. The molecule has 0 spiro atoms. The highest BCUT2D eigenvalue weighted by molar-refractivity contribution is 9.10. The number of likely N-dealkylation sites (N-methyl/N-ethyl adjacent to an activating group) is 1. The molecule has 0 aliphatic carbocycles. The molecule has 27 heavy (non-hydrogen) atoms. The van der Waals surface area contributed by atoms with E-state index in [1.807, 2.05) is 24.3 Å². The number of rotatable bonds is 5. The summed E-state index contributed by atoms with van der Waals surface area (Å²) in [6.07, 6.45) is 1.67. The van der Waals surface area contributed by atoms with Crippen molar-refractivity contribution in [3.63, 3.8) is 0 Å². The van der Waals surface area contributed by atoms with Crippen molar-refractivity contribution < 1.29 is 19.1 Å². The van der Waals surface area contributed by atoms with E-state index in [-0.39, 0.29) is 19.1 Å². The summed E-state index contributed by atoms with van der Waals surface area (Å²) >= 11 is 9.42. The fraction of sp³-hybridized carbons (Fsp3) is 0.200. The molecule has 1 aliphatic rings. The van der Waals surface area contributed by atoms with Gasteiger partial charge in [-0.3, -0.25) is 4.79 Å². The van der Waals surface area contributed by atoms with E-state index in [0.29, 0.717) is 28.5 Å². The number of benzene rings is 2. The van der Waals surface area contributed by atoms with Gasteiger partial charge in [0.25, 0.3) is 5.91 Å². The number of nitrogens with zero attached hydrogens (tertiary/aromatic N) is 1. The molecule has 0 saturated carbocycles. The topological polar surface area (TPSA) is 55.8 Å². The van der Waals surface area contributed by atoms with E-state index < -0.39 is 5.97 Å². The van der Waals surface area contributed by atoms with E-state index in [1.165, 1.54) is 4.90 Å². The molecule has 5 nitrogen and oxygen atoms in total. The van der Waals surface area contributed by atoms with E-state index in [4.69, 9.17) is 21.1 Å². The Balaban J connectivity index is 1.57. The van der Waals surface area contributed by atoms with Gasteiger partial charge >= 0.3 is 5.97 Å². The van der Waals surface area contributed by atoms with E-state index >= 15 is 0 Å². The van der Waals surface area contributed by atoms with Gasteiger partial charge in [0.05, 0.1) is 5.57 Å². The smallest absolute Gasteiger partial charge is 0.338 e. The quantitative estimate of drug-likeness (QED) is 0.644. The third-order valence-corrected chi connectivity index (χ3v) is 5.07. The summed E-state index contributed by atoms with van der Waals surface area (Å²) in [5.41, 5.74) is 2.01. The van der Waals surface area contributed by atoms with Crippen LogP contribution in [0.1, 0.15) is 11.1 Å². The fourth-order valence-electron chi connectivity index (χ4n) is 2.57. The van der Waals surface area contributed by atoms with Crippen LogP contribution in [0.2, 0.25) is 5.02 Å². The lowest BCUT2D eigenvalue weighted by Crippen LogP contribution is -2.31. The highest BCUT2D eigenvalue weighted by atomic mass is 79.9. The number of ether oxygens (including phenoxy) is 2. The molecule has 1 aliphatic heterocycles. The summed E-state index contributed by atoms with van der Waals surface area (Å²) in [5.74, 6) is -0.219. The van der Waals surface area contributed by atoms with Gasteiger partial charge < -0.3 is 14.4 Å². The van der Waals surface area contributed by atoms with Crippen LogP contribution in [0.5, 0.6) is 5.75 Å². The third kappa shape index (κ3) is 4.90. The van der Waals surface area contributed by atoms with E-state index in [2.05, 4.69) is 15.9 Å². The number of halogens is 2. The van der Waals surface area contributed by atoms with Crippen molar-refractivity contribution in [1.29, 1.82) is 0 Å². The van der Waals surface area contributed by atoms with Crippen molar-refractivity contribution in [3.8, 4) is 5.75 Å². The molecule has 0 unspecified atom stereocenters. The largest absolute Gasteiger partial charge is 0.488 e. The first kappa shape index (κ1) is 19.5. The van der Waals surface area contributed by atoms with Crippen LogP contribution in [0.4, 0.5) is 0 Å². The Morgan fingerprint density at radius 2 is 2.04 bits per heavy atom. The molecular weight excluding hydrogens is 434 g/mol. The first-order valence-corrected chi connectivity index (χ1v) is 9.38. The van der Waals surface area contributed by atoms with Gasteiger partial charge in [-0.15, -0.1) is 0 Å². The number of hydrogen-bond donors (Lipinski definition) is 0. The fourth-order valence-corrected chi connectivity index (χ4v) is 3.16. The third-order valence-electron chi connectivity index (χ3n) is 4.06. The molecule has 3 rings (SSSR count). The molecule has 0 radical (unpaired) electrons. The molecule has 0 fully saturated rings. The monoisotopic (exact) mass is 449 g/mol. The van der Waals surface area contributed by atoms with Crippen molar-refractivity contribution in [2.24, 2.45) is 0 Å². The van der Waals surface area contributed by atoms with Crippen molar-refractivity contribution in [2.75, 3.05) is 20.3 Å². The maximum atomic E-state index is 12.3. The van der Waals surface area contributed by atoms with Gasteiger partial charge in [0, 0.05) is 28.7 Å². The van der Waals surface area contributed by atoms with Gasteiger partial charge in [-0.05, 0) is 35.9 Å². The van der Waals surface area contributed by atoms with Crippen LogP contribution in [0.15, 0.2) is 52.5 Å². The number of fused-ring (bicyclic) bond motifs is 1. The van der Waals surface area contributed by atoms with Crippen LogP contribution in [0, 0.1) is 0 Å². The van der Waals surface area contributed by atoms with Gasteiger partial charge in [0.2, 0.25) is 0 Å². The second-order valence-corrected chi connectivity index (χ2v) is 7.35. The van der Waals surface area contributed by atoms with E-state index in [0.717, 1.165) is 10.0 Å². The first-order valence-electron chi connectivity index (χ1n) is 8.21. The minimum atomic E-state index is -0.580. The SMILES string of the molecule is CN(Cc1ccccc1Br)C(=O)COC(=O)C1=Cc2cc(Cl)ccc2OC1. The van der Waals surface area contributed by atoms with Crippen LogP contribution < -0.4 is 4.74 Å². The van der Waals surface area contributed by atoms with Gasteiger partial charge in [-0.1, -0.05) is 45.7 Å². The molecule has 1 heterocycles. The molecule has 0 N–H and O–H groups in total. The van der Waals surface area contributed by atoms with Crippen molar-refractivity contribution in [1.82, 2.24) is 4.90 Å². The average Bonchev–Trinajstić information content (AvgIpc) is 2.66. The second-order valence-electron chi connectivity index (χ2n) is 6.06. The first-order chi connectivity index (χ1) is 12.9. The van der Waals surface area contributed by atoms with Crippen LogP contribution in [0.25, 0.3) is 6.08 Å². The molecule has 0 atom stereocenters. The number of carbonyl (C=O) groups is 2. The number of carbonyl (C=O) groups excluding carboxylic acids is 2. The van der Waals surface area contributed by atoms with Crippen molar-refractivity contribution in [3.05, 3.63) is 68.7 Å². The summed E-state index contributed by atoms with van der Waals surface area (Å²) in [6, 6.07) is 12.8. The van der Waals surface area contributed by atoms with Crippen LogP contribution in [-0.2, 0) is 20.9 Å². The van der Waals surface area contributed by atoms with Crippen molar-refractivity contribution >= 4 is 45.5 Å². The molecule has 7 heteroatoms. The summed E-state index contributed by atoms with van der Waals surface area (Å²) in [7, 11) is 1.66. The normalized spacial score (nSPS) is 12.5. The molecule has 0 saturated heterocycles. The zero-order valence-electron chi connectivity index (χ0n) is 14.6. The van der Waals surface area contributed by atoms with Crippen LogP contribution in [-0.4, -0.2) is 37.0 Å². The summed E-state index contributed by atoms with van der Waals surface area (Å²) < 4.78 is 11.6. The van der Waals surface area contributed by atoms with Gasteiger partial charge in [0.15, 0.2) is 6.61 Å². The summed E-state index contributed by atoms with van der Waals surface area (Å²) in [6.45, 7) is 0.170. The molecule has 2 aromatic carbocycles. The standard InChI is InChI=1S/C20H17BrClNO4/c1-23(10-13-4-2-3-5-17(13)21)19(24)12-27-20(25)15-8-14-9-16(22)6-7-18(14)26-11-15/h2-9H,10-12H2,1H3. The minimum Gasteiger partial charge on any atom is -0.488 e. The lowest BCUT2D eigenvalue weighted by Gasteiger charge is -2.19. The Labute approximate surface area is 170 Å². The Kier molecular flexibility index (Phi) is 6.19. The van der Waals surface area contributed by atoms with E-state index in [9.17, 15) is 9.59 Å². The Morgan fingerprint density at radius 1 is 1.26 bits per heavy atom. The lowest BCUT2D eigenvalue weighted by molar-refractivity contribution is -0.148. The predicted octanol–water partition coefficient (Wildman–Crippen LogP) is 4.08. The highest BCUT2D eigenvalue weighted by Crippen LogP contribution is 2.29. The summed E-state index contributed by atoms with van der Waals surface area (Å²) in [4.78, 5) is 26.0. The molecule has 0 bridgehead atoms. The van der Waals surface area contributed by atoms with Crippen LogP contribution >= 0.6 is 27.5 Å². The molecule has 1 amide bonds. The Bertz CT molecular complexity index is 913. The van der Waals surface area contributed by atoms with E-state index in [1.54, 1.807) is 31.3 Å². The summed E-state index contributed by atoms with van der Waals surface area (Å²) in [5, 5.41) is 0.548. The van der Waals surface area contributed by atoms with Gasteiger partial charge in [0.1, 0.15) is 12.4 Å². The molecule has 2 aromatic rings. The highest BCUT2D eigenvalue weighted by Gasteiger charge is 2.20. The maximum Gasteiger partial charge on any atom is 0.338 e. The molecule has 140 valence electrons. The zero-order chi connectivity index (χ0) is 19.4. The number of amides is 1. The van der Waals surface area contributed by atoms with Crippen molar-refractivity contribution in [2.45, 2.75) is 6.54 Å². The predicted molar refractivity (Wildman–Crippen MR) is 106 cm³/mol. The van der Waals surface area contributed by atoms with Gasteiger partial charge in [-0.25, -0.2) is 4.79 Å². The minimum absolute atomic E-state index is 0.0917. The Morgan fingerprint density at radius 3 is 2.81 bits per heavy atom. The lowest BCUT2D eigenvalue weighted by atomic mass is 10.1. The maximum absolute atomic E-state index is 12.3. The average molecular weight is 451 g/mol. The van der Waals surface area contributed by atoms with Crippen LogP contribution in [0.3, 0.4) is 0 Å². The zero-order valence-corrected chi connectivity index (χ0v) is 16.9. The molecule has 0 aromatic heterocycles. The molecular formula is C20H17BrClNO4. The number of esters is 1. The van der Waals surface area contributed by atoms with Gasteiger partial charge in [-0.2, -0.15) is 0 Å². The second kappa shape index (κ2) is 8.59. The Hall–Kier alpha value is -2.31.